The molecule has 3 rings (SSSR count). The fourth-order valence-electron chi connectivity index (χ4n) is 2.74. The number of nitrogens with zero attached hydrogens (tertiary/aromatic N) is 1. The van der Waals surface area contributed by atoms with Gasteiger partial charge in [-0.2, -0.15) is 0 Å². The number of hydrogen-bond donors (Lipinski definition) is 0. The lowest BCUT2D eigenvalue weighted by molar-refractivity contribution is -0.110. The van der Waals surface area contributed by atoms with E-state index in [4.69, 9.17) is 0 Å². The minimum absolute atomic E-state index is 0.191. The molecule has 4 nitrogen and oxygen atoms in total. The summed E-state index contributed by atoms with van der Waals surface area (Å²) in [6.45, 7) is 2.10. The van der Waals surface area contributed by atoms with Gasteiger partial charge in [0, 0.05) is 12.5 Å². The highest BCUT2D eigenvalue weighted by molar-refractivity contribution is 7.92. The van der Waals surface area contributed by atoms with E-state index in [0.717, 1.165) is 17.4 Å². The third-order valence-electron chi connectivity index (χ3n) is 3.94. The summed E-state index contributed by atoms with van der Waals surface area (Å²) in [5.41, 5.74) is 2.56. The summed E-state index contributed by atoms with van der Waals surface area (Å²) in [5.74, 6) is -0.310. The number of carbonyl (C=O) groups is 1. The average molecular weight is 315 g/mol. The quantitative estimate of drug-likeness (QED) is 0.818. The summed E-state index contributed by atoms with van der Waals surface area (Å²) in [5, 5.41) is 0. The van der Waals surface area contributed by atoms with Crippen LogP contribution in [0.5, 0.6) is 0 Å². The Morgan fingerprint density at radius 3 is 2.45 bits per heavy atom. The number of rotatable bonds is 3. The smallest absolute Gasteiger partial charge is 0.264 e. The second-order valence-electron chi connectivity index (χ2n) is 5.58. The van der Waals surface area contributed by atoms with Crippen LogP contribution in [0.25, 0.3) is 0 Å². The van der Waals surface area contributed by atoms with Gasteiger partial charge in [-0.25, -0.2) is 8.42 Å². The molecule has 1 unspecified atom stereocenters. The number of sulfonamides is 1. The van der Waals surface area contributed by atoms with Crippen molar-refractivity contribution in [3.05, 3.63) is 59.7 Å². The molecule has 0 fully saturated rings. The molecule has 1 heterocycles. The molecule has 0 saturated heterocycles. The molecule has 0 amide bonds. The Morgan fingerprint density at radius 2 is 1.77 bits per heavy atom. The van der Waals surface area contributed by atoms with Crippen molar-refractivity contribution in [3.8, 4) is 0 Å². The van der Waals surface area contributed by atoms with Crippen LogP contribution in [0, 0.1) is 12.8 Å². The van der Waals surface area contributed by atoms with Gasteiger partial charge in [0.05, 0.1) is 10.6 Å². The zero-order valence-corrected chi connectivity index (χ0v) is 13.1. The molecule has 0 spiro atoms. The van der Waals surface area contributed by atoms with Gasteiger partial charge < -0.3 is 4.79 Å². The summed E-state index contributed by atoms with van der Waals surface area (Å²) in [4.78, 5) is 11.5. The van der Waals surface area contributed by atoms with Crippen molar-refractivity contribution in [2.75, 3.05) is 10.8 Å². The highest BCUT2D eigenvalue weighted by Gasteiger charge is 2.32. The molecular weight excluding hydrogens is 298 g/mol. The number of anilines is 1. The lowest BCUT2D eigenvalue weighted by atomic mass is 9.95. The van der Waals surface area contributed by atoms with Gasteiger partial charge in [-0.05, 0) is 37.1 Å². The zero-order chi connectivity index (χ0) is 15.7. The van der Waals surface area contributed by atoms with E-state index in [2.05, 4.69) is 0 Å². The van der Waals surface area contributed by atoms with Gasteiger partial charge in [-0.1, -0.05) is 35.9 Å². The molecule has 1 aliphatic rings. The number of carbonyl (C=O) groups excluding carboxylic acids is 1. The maximum Gasteiger partial charge on any atom is 0.264 e. The van der Waals surface area contributed by atoms with Crippen LogP contribution >= 0.6 is 0 Å². The molecule has 5 heteroatoms. The largest absolute Gasteiger partial charge is 0.303 e. The lowest BCUT2D eigenvalue weighted by Gasteiger charge is -2.33. The maximum atomic E-state index is 12.9. The average Bonchev–Trinajstić information content (AvgIpc) is 2.54. The summed E-state index contributed by atoms with van der Waals surface area (Å²) < 4.78 is 27.2. The van der Waals surface area contributed by atoms with Gasteiger partial charge >= 0.3 is 0 Å². The van der Waals surface area contributed by atoms with E-state index in [1.165, 1.54) is 4.31 Å². The molecule has 1 atom stereocenters. The van der Waals surface area contributed by atoms with Crippen LogP contribution in [0.2, 0.25) is 0 Å². The molecule has 22 heavy (non-hydrogen) atoms. The Kier molecular flexibility index (Phi) is 3.74. The number of fused-ring (bicyclic) bond motifs is 1. The second-order valence-corrected chi connectivity index (χ2v) is 7.44. The number of aryl methyl sites for hydroxylation is 1. The van der Waals surface area contributed by atoms with Crippen LogP contribution in [-0.2, 0) is 21.2 Å². The Balaban J connectivity index is 2.09. The van der Waals surface area contributed by atoms with Gasteiger partial charge in [-0.15, -0.1) is 0 Å². The van der Waals surface area contributed by atoms with Crippen molar-refractivity contribution in [2.24, 2.45) is 5.92 Å². The fourth-order valence-corrected chi connectivity index (χ4v) is 4.30. The fraction of sp³-hybridized carbons (Fsp3) is 0.235. The Morgan fingerprint density at radius 1 is 1.09 bits per heavy atom. The molecule has 0 aliphatic carbocycles. The van der Waals surface area contributed by atoms with Crippen LogP contribution in [0.3, 0.4) is 0 Å². The third kappa shape index (κ3) is 2.52. The van der Waals surface area contributed by atoms with E-state index in [-0.39, 0.29) is 17.4 Å². The van der Waals surface area contributed by atoms with Gasteiger partial charge in [-0.3, -0.25) is 4.31 Å². The summed E-state index contributed by atoms with van der Waals surface area (Å²) in [6.07, 6.45) is 1.42. The monoisotopic (exact) mass is 315 g/mol. The number of hydrogen-bond acceptors (Lipinski definition) is 3. The standard InChI is InChI=1S/C17H17NO3S/c1-13-6-8-16(9-7-13)22(20,21)18-11-14(12-19)10-15-4-2-3-5-17(15)18/h2-9,12,14H,10-11H2,1H3. The Bertz CT molecular complexity index is 797. The highest BCUT2D eigenvalue weighted by Crippen LogP contribution is 2.33. The first kappa shape index (κ1) is 14.8. The summed E-state index contributed by atoms with van der Waals surface area (Å²) in [6, 6.07) is 14.1. The minimum Gasteiger partial charge on any atom is -0.303 e. The van der Waals surface area contributed by atoms with Gasteiger partial charge in [0.1, 0.15) is 6.29 Å². The third-order valence-corrected chi connectivity index (χ3v) is 5.74. The molecule has 0 radical (unpaired) electrons. The SMILES string of the molecule is Cc1ccc(S(=O)(=O)N2CC(C=O)Cc3ccccc32)cc1. The first-order chi connectivity index (χ1) is 10.5. The summed E-state index contributed by atoms with van der Waals surface area (Å²) in [7, 11) is -3.66. The Labute approximate surface area is 130 Å². The first-order valence-electron chi connectivity index (χ1n) is 7.15. The predicted molar refractivity (Wildman–Crippen MR) is 85.4 cm³/mol. The lowest BCUT2D eigenvalue weighted by Crippen LogP contribution is -2.40. The van der Waals surface area contributed by atoms with E-state index in [1.54, 1.807) is 30.3 Å². The topological polar surface area (TPSA) is 54.5 Å². The zero-order valence-electron chi connectivity index (χ0n) is 12.3. The second kappa shape index (κ2) is 5.57. The van der Waals surface area contributed by atoms with Crippen molar-refractivity contribution in [1.29, 1.82) is 0 Å². The van der Waals surface area contributed by atoms with Crippen molar-refractivity contribution in [2.45, 2.75) is 18.2 Å². The van der Waals surface area contributed by atoms with E-state index in [1.807, 2.05) is 25.1 Å². The molecule has 114 valence electrons. The minimum atomic E-state index is -3.66. The van der Waals surface area contributed by atoms with Gasteiger partial charge in [0.25, 0.3) is 10.0 Å². The molecule has 2 aromatic rings. The maximum absolute atomic E-state index is 12.9. The number of para-hydroxylation sites is 1. The van der Waals surface area contributed by atoms with Crippen LogP contribution in [0.4, 0.5) is 5.69 Å². The highest BCUT2D eigenvalue weighted by atomic mass is 32.2. The number of aldehydes is 1. The molecule has 0 N–H and O–H groups in total. The number of benzene rings is 2. The van der Waals surface area contributed by atoms with E-state index in [0.29, 0.717) is 12.1 Å². The van der Waals surface area contributed by atoms with E-state index in [9.17, 15) is 13.2 Å². The molecule has 0 bridgehead atoms. The van der Waals surface area contributed by atoms with Crippen molar-refractivity contribution >= 4 is 22.0 Å². The molecule has 2 aromatic carbocycles. The van der Waals surface area contributed by atoms with E-state index >= 15 is 0 Å². The van der Waals surface area contributed by atoms with Crippen molar-refractivity contribution in [1.82, 2.24) is 0 Å². The normalized spacial score (nSPS) is 17.9. The summed E-state index contributed by atoms with van der Waals surface area (Å²) >= 11 is 0. The Hall–Kier alpha value is -2.14. The predicted octanol–water partition coefficient (Wildman–Crippen LogP) is 2.56. The molecule has 0 aromatic heterocycles. The van der Waals surface area contributed by atoms with Crippen molar-refractivity contribution in [3.63, 3.8) is 0 Å². The molecule has 1 aliphatic heterocycles. The van der Waals surface area contributed by atoms with E-state index < -0.39 is 10.0 Å². The van der Waals surface area contributed by atoms with Crippen molar-refractivity contribution < 1.29 is 13.2 Å². The van der Waals surface area contributed by atoms with Crippen LogP contribution < -0.4 is 4.31 Å². The first-order valence-corrected chi connectivity index (χ1v) is 8.59. The van der Waals surface area contributed by atoms with Crippen LogP contribution in [0.15, 0.2) is 53.4 Å². The van der Waals surface area contributed by atoms with Gasteiger partial charge in [0.15, 0.2) is 0 Å². The van der Waals surface area contributed by atoms with Gasteiger partial charge in [0.2, 0.25) is 0 Å². The molecule has 0 saturated carbocycles. The van der Waals surface area contributed by atoms with Crippen LogP contribution in [0.1, 0.15) is 11.1 Å². The van der Waals surface area contributed by atoms with Crippen LogP contribution in [-0.4, -0.2) is 21.2 Å². The molecular formula is C17H17NO3S.